The summed E-state index contributed by atoms with van der Waals surface area (Å²) < 4.78 is 46.5. The molecule has 4 aliphatic heterocycles. The molecule has 0 unspecified atom stereocenters. The van der Waals surface area contributed by atoms with Crippen molar-refractivity contribution in [3.8, 4) is 17.0 Å². The van der Waals surface area contributed by atoms with Gasteiger partial charge in [0.25, 0.3) is 0 Å². The highest BCUT2D eigenvalue weighted by atomic mass is 32.2. The average molecular weight is 638 g/mol. The van der Waals surface area contributed by atoms with Gasteiger partial charge < -0.3 is 29.3 Å². The van der Waals surface area contributed by atoms with Crippen LogP contribution in [0, 0.1) is 0 Å². The van der Waals surface area contributed by atoms with E-state index < -0.39 is 27.7 Å². The van der Waals surface area contributed by atoms with E-state index in [4.69, 9.17) is 14.0 Å². The summed E-state index contributed by atoms with van der Waals surface area (Å²) in [5, 5.41) is 18.0. The van der Waals surface area contributed by atoms with Gasteiger partial charge in [0, 0.05) is 74.5 Å². The molecule has 3 aromatic rings. The summed E-state index contributed by atoms with van der Waals surface area (Å²) in [4.78, 5) is 18.2. The maximum atomic E-state index is 14.0. The van der Waals surface area contributed by atoms with Crippen molar-refractivity contribution in [2.45, 2.75) is 54.8 Å². The quantitative estimate of drug-likeness (QED) is 0.438. The van der Waals surface area contributed by atoms with Gasteiger partial charge >= 0.3 is 0 Å². The summed E-state index contributed by atoms with van der Waals surface area (Å²) in [6, 6.07) is 16.0. The second kappa shape index (κ2) is 12.4. The molecule has 3 fully saturated rings. The van der Waals surface area contributed by atoms with E-state index in [1.807, 2.05) is 36.4 Å². The largest absolute Gasteiger partial charge is 0.492 e. The van der Waals surface area contributed by atoms with Crippen LogP contribution in [0.3, 0.4) is 0 Å². The maximum Gasteiger partial charge on any atom is 0.247 e. The molecule has 3 saturated heterocycles. The van der Waals surface area contributed by atoms with Crippen molar-refractivity contribution in [3.63, 3.8) is 0 Å². The third-order valence-electron chi connectivity index (χ3n) is 9.47. The Bertz CT molecular complexity index is 1620. The number of carbonyl (C=O) groups is 1. The number of sulfonamides is 1. The first-order valence-electron chi connectivity index (χ1n) is 15.6. The minimum Gasteiger partial charge on any atom is -0.492 e. The molecule has 0 aliphatic carbocycles. The van der Waals surface area contributed by atoms with Crippen LogP contribution in [0.1, 0.15) is 31.4 Å². The zero-order valence-electron chi connectivity index (χ0n) is 25.1. The van der Waals surface area contributed by atoms with Crippen LogP contribution in [0.5, 0.6) is 5.75 Å². The number of anilines is 1. The van der Waals surface area contributed by atoms with Crippen molar-refractivity contribution in [3.05, 3.63) is 60.4 Å². The van der Waals surface area contributed by atoms with E-state index in [9.17, 15) is 18.3 Å². The molecule has 240 valence electrons. The zero-order chi connectivity index (χ0) is 31.0. The molecule has 5 heterocycles. The van der Waals surface area contributed by atoms with E-state index in [0.29, 0.717) is 65.2 Å². The Labute approximate surface area is 262 Å². The summed E-state index contributed by atoms with van der Waals surface area (Å²) >= 11 is 0. The standard InChI is InChI=1S/C32H39N5O7S/c38-25-19-28-31(39)33-32(8-11-35(12-9-32)22-26-20-27(34-44-26)23-4-2-1-3-5-23)10-15-43-29-18-24(36-13-16-42-17-14-36)6-7-30(29)45(40,41)37(28)21-25/h1-7,18,20,25,28,38H,8-17,19,21-22H2,(H,33,39)/t25-,28+/m1/s1. The van der Waals surface area contributed by atoms with Crippen LogP contribution in [0.25, 0.3) is 11.3 Å². The predicted octanol–water partition coefficient (Wildman–Crippen LogP) is 2.24. The number of likely N-dealkylation sites (tertiary alicyclic amines) is 1. The van der Waals surface area contributed by atoms with E-state index in [-0.39, 0.29) is 36.1 Å². The monoisotopic (exact) mass is 637 g/mol. The highest BCUT2D eigenvalue weighted by Gasteiger charge is 2.47. The van der Waals surface area contributed by atoms with Crippen molar-refractivity contribution < 1.29 is 32.3 Å². The first kappa shape index (κ1) is 30.2. The lowest BCUT2D eigenvalue weighted by Gasteiger charge is -2.42. The minimum absolute atomic E-state index is 0.0131. The molecule has 0 radical (unpaired) electrons. The van der Waals surface area contributed by atoms with Crippen LogP contribution in [-0.4, -0.2) is 104 Å². The Morgan fingerprint density at radius 3 is 2.53 bits per heavy atom. The normalized spacial score (nSPS) is 25.5. The lowest BCUT2D eigenvalue weighted by Crippen LogP contribution is -2.59. The van der Waals surface area contributed by atoms with Crippen LogP contribution in [0.2, 0.25) is 0 Å². The summed E-state index contributed by atoms with van der Waals surface area (Å²) in [7, 11) is -4.13. The Morgan fingerprint density at radius 2 is 1.76 bits per heavy atom. The average Bonchev–Trinajstić information content (AvgIpc) is 3.70. The van der Waals surface area contributed by atoms with Crippen molar-refractivity contribution in [1.29, 1.82) is 0 Å². The Hall–Kier alpha value is -3.49. The number of ether oxygens (including phenoxy) is 2. The lowest BCUT2D eigenvalue weighted by atomic mass is 9.84. The fourth-order valence-electron chi connectivity index (χ4n) is 6.89. The number of aromatic nitrogens is 1. The van der Waals surface area contributed by atoms with E-state index in [0.717, 1.165) is 27.0 Å². The number of benzene rings is 2. The molecule has 2 atom stereocenters. The molecule has 2 N–H and O–H groups in total. The second-order valence-corrected chi connectivity index (χ2v) is 14.3. The molecule has 7 rings (SSSR count). The van der Waals surface area contributed by atoms with Gasteiger partial charge in [0.2, 0.25) is 15.9 Å². The van der Waals surface area contributed by atoms with Gasteiger partial charge in [-0.2, -0.15) is 4.31 Å². The Morgan fingerprint density at radius 1 is 0.978 bits per heavy atom. The SMILES string of the molecule is O=C1NC2(CCOc3cc(N4CCOCC4)ccc3S(=O)(=O)N3C[C@H](O)C[C@@H]13)CCN(Cc1cc(-c3ccccc3)no1)CC2. The third-order valence-corrected chi connectivity index (χ3v) is 11.4. The van der Waals surface area contributed by atoms with Crippen molar-refractivity contribution in [1.82, 2.24) is 19.7 Å². The summed E-state index contributed by atoms with van der Waals surface area (Å²) in [5.41, 5.74) is 2.07. The summed E-state index contributed by atoms with van der Waals surface area (Å²) in [6.45, 7) is 4.70. The van der Waals surface area contributed by atoms with Crippen LogP contribution in [0.4, 0.5) is 5.69 Å². The Balaban J connectivity index is 1.11. The van der Waals surface area contributed by atoms with Crippen LogP contribution < -0.4 is 15.0 Å². The fraction of sp³-hybridized carbons (Fsp3) is 0.500. The van der Waals surface area contributed by atoms with Gasteiger partial charge in [-0.1, -0.05) is 35.5 Å². The number of piperidine rings is 1. The van der Waals surface area contributed by atoms with Crippen LogP contribution in [-0.2, 0) is 26.1 Å². The molecule has 1 amide bonds. The van der Waals surface area contributed by atoms with E-state index in [2.05, 4.69) is 20.3 Å². The van der Waals surface area contributed by atoms with Gasteiger partial charge in [0.15, 0.2) is 5.76 Å². The van der Waals surface area contributed by atoms with Gasteiger partial charge in [-0.3, -0.25) is 9.69 Å². The van der Waals surface area contributed by atoms with Gasteiger partial charge in [0.05, 0.1) is 32.5 Å². The molecule has 0 bridgehead atoms. The minimum atomic E-state index is -4.13. The number of hydrogen-bond donors (Lipinski definition) is 2. The number of nitrogens with zero attached hydrogens (tertiary/aromatic N) is 4. The number of morpholine rings is 1. The topological polar surface area (TPSA) is 138 Å². The molecule has 12 nitrogen and oxygen atoms in total. The van der Waals surface area contributed by atoms with E-state index in [1.165, 1.54) is 0 Å². The second-order valence-electron chi connectivity index (χ2n) is 12.4. The predicted molar refractivity (Wildman–Crippen MR) is 165 cm³/mol. The van der Waals surface area contributed by atoms with Crippen LogP contribution in [0.15, 0.2) is 64.0 Å². The number of aliphatic hydroxyl groups is 1. The number of amides is 1. The molecule has 1 aromatic heterocycles. The molecule has 4 aliphatic rings. The zero-order valence-corrected chi connectivity index (χ0v) is 26.0. The molecule has 0 saturated carbocycles. The number of carbonyl (C=O) groups excluding carboxylic acids is 1. The van der Waals surface area contributed by atoms with Gasteiger partial charge in [-0.15, -0.1) is 0 Å². The first-order chi connectivity index (χ1) is 21.8. The molecular formula is C32H39N5O7S. The van der Waals surface area contributed by atoms with Crippen molar-refractivity contribution in [2.75, 3.05) is 57.4 Å². The molecular weight excluding hydrogens is 598 g/mol. The first-order valence-corrected chi connectivity index (χ1v) is 17.1. The lowest BCUT2D eigenvalue weighted by molar-refractivity contribution is -0.127. The smallest absolute Gasteiger partial charge is 0.247 e. The van der Waals surface area contributed by atoms with Gasteiger partial charge in [-0.25, -0.2) is 8.42 Å². The van der Waals surface area contributed by atoms with Gasteiger partial charge in [-0.05, 0) is 25.0 Å². The Kier molecular flexibility index (Phi) is 8.29. The number of rotatable bonds is 4. The maximum absolute atomic E-state index is 14.0. The highest BCUT2D eigenvalue weighted by Crippen LogP contribution is 2.37. The fourth-order valence-corrected chi connectivity index (χ4v) is 8.64. The molecule has 13 heteroatoms. The third kappa shape index (κ3) is 6.19. The number of fused-ring (bicyclic) bond motifs is 2. The molecule has 1 spiro atoms. The summed E-state index contributed by atoms with van der Waals surface area (Å²) in [6.07, 6.45) is 0.944. The number of aliphatic hydroxyl groups excluding tert-OH is 1. The molecule has 2 aromatic carbocycles. The van der Waals surface area contributed by atoms with Crippen molar-refractivity contribution >= 4 is 21.6 Å². The highest BCUT2D eigenvalue weighted by molar-refractivity contribution is 7.89. The number of hydrogen-bond acceptors (Lipinski definition) is 10. The van der Waals surface area contributed by atoms with E-state index >= 15 is 0 Å². The molecule has 45 heavy (non-hydrogen) atoms. The van der Waals surface area contributed by atoms with Gasteiger partial charge in [0.1, 0.15) is 22.4 Å². The van der Waals surface area contributed by atoms with E-state index in [1.54, 1.807) is 18.2 Å². The number of nitrogens with one attached hydrogen (secondary N) is 1. The van der Waals surface area contributed by atoms with Crippen molar-refractivity contribution in [2.24, 2.45) is 0 Å². The van der Waals surface area contributed by atoms with Crippen LogP contribution >= 0.6 is 0 Å². The summed E-state index contributed by atoms with van der Waals surface area (Å²) in [5.74, 6) is 0.661.